The normalized spacial score (nSPS) is 13.6. The number of fused-ring (bicyclic) bond motifs is 1. The summed E-state index contributed by atoms with van der Waals surface area (Å²) in [7, 11) is 4.74. The van der Waals surface area contributed by atoms with Gasteiger partial charge in [0.15, 0.2) is 11.5 Å². The van der Waals surface area contributed by atoms with E-state index in [9.17, 15) is 4.79 Å². The zero-order chi connectivity index (χ0) is 23.2. The van der Waals surface area contributed by atoms with Crippen molar-refractivity contribution in [3.05, 3.63) is 48.3 Å². The van der Waals surface area contributed by atoms with Crippen LogP contribution in [0.2, 0.25) is 0 Å². The van der Waals surface area contributed by atoms with Crippen LogP contribution in [0, 0.1) is 0 Å². The average Bonchev–Trinajstić information content (AvgIpc) is 2.87. The third-order valence-electron chi connectivity index (χ3n) is 6.17. The number of amides is 1. The number of carbonyl (C=O) groups excluding carboxylic acids is 1. The number of benzene rings is 2. The molecule has 4 rings (SSSR count). The van der Waals surface area contributed by atoms with E-state index in [4.69, 9.17) is 14.2 Å². The monoisotopic (exact) mass is 449 g/mol. The van der Waals surface area contributed by atoms with Gasteiger partial charge in [-0.1, -0.05) is 6.07 Å². The quantitative estimate of drug-likeness (QED) is 0.531. The number of nitrogens with one attached hydrogen (secondary N) is 1. The van der Waals surface area contributed by atoms with Gasteiger partial charge in [-0.3, -0.25) is 9.78 Å². The second kappa shape index (κ2) is 10.4. The summed E-state index contributed by atoms with van der Waals surface area (Å²) in [4.78, 5) is 19.6. The van der Waals surface area contributed by atoms with Gasteiger partial charge in [0.25, 0.3) is 0 Å². The van der Waals surface area contributed by atoms with E-state index in [-0.39, 0.29) is 5.91 Å². The Morgan fingerprint density at radius 3 is 2.45 bits per heavy atom. The predicted octanol–water partition coefficient (Wildman–Crippen LogP) is 4.82. The van der Waals surface area contributed by atoms with Crippen LogP contribution >= 0.6 is 0 Å². The van der Waals surface area contributed by atoms with E-state index in [0.29, 0.717) is 30.1 Å². The minimum Gasteiger partial charge on any atom is -0.493 e. The summed E-state index contributed by atoms with van der Waals surface area (Å²) in [6, 6.07) is 9.86. The summed E-state index contributed by atoms with van der Waals surface area (Å²) in [6.45, 7) is 2.13. The Bertz CT molecular complexity index is 1130. The number of ether oxygens (including phenoxy) is 3. The Labute approximate surface area is 194 Å². The fourth-order valence-electron chi connectivity index (χ4n) is 4.51. The van der Waals surface area contributed by atoms with Crippen molar-refractivity contribution in [1.29, 1.82) is 0 Å². The van der Waals surface area contributed by atoms with Crippen molar-refractivity contribution >= 4 is 28.1 Å². The lowest BCUT2D eigenvalue weighted by Gasteiger charge is -2.30. The molecule has 1 N–H and O–H groups in total. The molecule has 1 aliphatic heterocycles. The molecule has 2 heterocycles. The molecule has 1 saturated heterocycles. The fraction of sp³-hybridized carbons (Fsp3) is 0.385. The molecule has 0 radical (unpaired) electrons. The highest BCUT2D eigenvalue weighted by molar-refractivity contribution is 6.06. The highest BCUT2D eigenvalue weighted by atomic mass is 16.5. The maximum Gasteiger partial charge on any atom is 0.224 e. The first-order valence-electron chi connectivity index (χ1n) is 11.4. The molecule has 0 bridgehead atoms. The van der Waals surface area contributed by atoms with Crippen molar-refractivity contribution in [3.8, 4) is 17.2 Å². The van der Waals surface area contributed by atoms with E-state index in [1.54, 1.807) is 21.3 Å². The van der Waals surface area contributed by atoms with E-state index in [1.165, 1.54) is 24.9 Å². The first-order valence-corrected chi connectivity index (χ1v) is 11.4. The zero-order valence-electron chi connectivity index (χ0n) is 19.5. The van der Waals surface area contributed by atoms with Gasteiger partial charge in [0.2, 0.25) is 11.7 Å². The molecule has 33 heavy (non-hydrogen) atoms. The largest absolute Gasteiger partial charge is 0.493 e. The van der Waals surface area contributed by atoms with Gasteiger partial charge in [-0.25, -0.2) is 0 Å². The molecule has 0 atom stereocenters. The molecule has 7 nitrogen and oxygen atoms in total. The number of anilines is 2. The van der Waals surface area contributed by atoms with E-state index >= 15 is 0 Å². The van der Waals surface area contributed by atoms with Crippen LogP contribution in [0.15, 0.2) is 42.7 Å². The summed E-state index contributed by atoms with van der Waals surface area (Å²) in [5.74, 6) is 1.64. The number of methoxy groups -OCH3 is 3. The molecular weight excluding hydrogens is 418 g/mol. The van der Waals surface area contributed by atoms with E-state index < -0.39 is 0 Å². The van der Waals surface area contributed by atoms with Crippen LogP contribution < -0.4 is 24.4 Å². The smallest absolute Gasteiger partial charge is 0.224 e. The van der Waals surface area contributed by atoms with Crippen LogP contribution in [0.25, 0.3) is 10.8 Å². The number of rotatable bonds is 8. The summed E-state index contributed by atoms with van der Waals surface area (Å²) >= 11 is 0. The topological polar surface area (TPSA) is 72.9 Å². The highest BCUT2D eigenvalue weighted by Crippen LogP contribution is 2.40. The van der Waals surface area contributed by atoms with E-state index in [2.05, 4.69) is 21.3 Å². The van der Waals surface area contributed by atoms with Crippen LogP contribution in [-0.2, 0) is 11.2 Å². The molecule has 2 aromatic carbocycles. The molecule has 3 aromatic rings. The number of carbonyl (C=O) groups is 1. The van der Waals surface area contributed by atoms with Crippen molar-refractivity contribution in [3.63, 3.8) is 0 Å². The lowest BCUT2D eigenvalue weighted by Crippen LogP contribution is -2.29. The number of aryl methyl sites for hydroxylation is 1. The standard InChI is InChI=1S/C26H31N3O4/c1-31-23-11-7-18(25(32-2)26(23)33-3)8-12-24(30)28-21-9-10-22(29-15-5-4-6-16-29)19-13-14-27-17-20(19)21/h7,9-11,13-14,17H,4-6,8,12,15-16H2,1-3H3,(H,28,30). The fourth-order valence-corrected chi connectivity index (χ4v) is 4.51. The lowest BCUT2D eigenvalue weighted by molar-refractivity contribution is -0.116. The molecule has 0 spiro atoms. The van der Waals surface area contributed by atoms with Crippen molar-refractivity contribution in [2.45, 2.75) is 32.1 Å². The summed E-state index contributed by atoms with van der Waals surface area (Å²) in [5.41, 5.74) is 2.88. The van der Waals surface area contributed by atoms with Crippen LogP contribution in [0.1, 0.15) is 31.2 Å². The second-order valence-corrected chi connectivity index (χ2v) is 8.14. The minimum atomic E-state index is -0.0669. The van der Waals surface area contributed by atoms with Crippen molar-refractivity contribution in [1.82, 2.24) is 4.98 Å². The Morgan fingerprint density at radius 2 is 1.73 bits per heavy atom. The molecule has 1 fully saturated rings. The number of pyridine rings is 1. The van der Waals surface area contributed by atoms with Gasteiger partial charge in [0.1, 0.15) is 0 Å². The Kier molecular flexibility index (Phi) is 7.17. The van der Waals surface area contributed by atoms with Gasteiger partial charge in [0.05, 0.1) is 27.0 Å². The van der Waals surface area contributed by atoms with E-state index in [0.717, 1.165) is 35.1 Å². The maximum absolute atomic E-state index is 12.9. The van der Waals surface area contributed by atoms with Crippen LogP contribution in [0.5, 0.6) is 17.2 Å². The Hall–Kier alpha value is -3.48. The predicted molar refractivity (Wildman–Crippen MR) is 131 cm³/mol. The minimum absolute atomic E-state index is 0.0669. The second-order valence-electron chi connectivity index (χ2n) is 8.14. The molecule has 0 saturated carbocycles. The summed E-state index contributed by atoms with van der Waals surface area (Å²) < 4.78 is 16.3. The molecule has 1 aliphatic rings. The molecule has 174 valence electrons. The molecule has 0 unspecified atom stereocenters. The number of hydrogen-bond acceptors (Lipinski definition) is 6. The SMILES string of the molecule is COc1ccc(CCC(=O)Nc2ccc(N3CCCCC3)c3ccncc23)c(OC)c1OC. The summed E-state index contributed by atoms with van der Waals surface area (Å²) in [6.07, 6.45) is 8.17. The molecule has 1 aromatic heterocycles. The van der Waals surface area contributed by atoms with Crippen LogP contribution in [0.3, 0.4) is 0 Å². The van der Waals surface area contributed by atoms with Gasteiger partial charge in [0, 0.05) is 48.4 Å². The van der Waals surface area contributed by atoms with Gasteiger partial charge >= 0.3 is 0 Å². The van der Waals surface area contributed by atoms with Crippen molar-refractivity contribution in [2.24, 2.45) is 0 Å². The molecule has 1 amide bonds. The highest BCUT2D eigenvalue weighted by Gasteiger charge is 2.18. The first kappa shape index (κ1) is 22.7. The first-order chi connectivity index (χ1) is 16.2. The maximum atomic E-state index is 12.9. The van der Waals surface area contributed by atoms with Gasteiger partial charge in [-0.15, -0.1) is 0 Å². The number of piperidine rings is 1. The third-order valence-corrected chi connectivity index (χ3v) is 6.17. The van der Waals surface area contributed by atoms with Gasteiger partial charge in [-0.2, -0.15) is 0 Å². The van der Waals surface area contributed by atoms with Crippen molar-refractivity contribution < 1.29 is 19.0 Å². The average molecular weight is 450 g/mol. The third kappa shape index (κ3) is 4.82. The number of aromatic nitrogens is 1. The van der Waals surface area contributed by atoms with Crippen molar-refractivity contribution in [2.75, 3.05) is 44.6 Å². The Morgan fingerprint density at radius 1 is 0.939 bits per heavy atom. The zero-order valence-corrected chi connectivity index (χ0v) is 19.5. The lowest BCUT2D eigenvalue weighted by atomic mass is 10.0. The van der Waals surface area contributed by atoms with Gasteiger partial charge in [-0.05, 0) is 55.5 Å². The van der Waals surface area contributed by atoms with Crippen LogP contribution in [0.4, 0.5) is 11.4 Å². The molecular formula is C26H31N3O4. The molecule has 0 aliphatic carbocycles. The molecule has 7 heteroatoms. The van der Waals surface area contributed by atoms with Crippen LogP contribution in [-0.4, -0.2) is 45.3 Å². The Balaban J connectivity index is 1.51. The summed E-state index contributed by atoms with van der Waals surface area (Å²) in [5, 5.41) is 5.15. The number of hydrogen-bond donors (Lipinski definition) is 1. The van der Waals surface area contributed by atoms with Gasteiger partial charge < -0.3 is 24.4 Å². The number of nitrogens with zero attached hydrogens (tertiary/aromatic N) is 2. The van der Waals surface area contributed by atoms with E-state index in [1.807, 2.05) is 36.7 Å².